The number of hydrogen-bond acceptors (Lipinski definition) is 15. The second-order valence-electron chi connectivity index (χ2n) is 37.2. The minimum atomic E-state index is -4.77. The maximum atomic E-state index is 14.8. The van der Waals surface area contributed by atoms with Gasteiger partial charge in [0.05, 0.1) is 34.9 Å². The molecule has 0 amide bonds. The van der Waals surface area contributed by atoms with E-state index < -0.39 is 57.0 Å². The van der Waals surface area contributed by atoms with Crippen molar-refractivity contribution in [3.8, 4) is 103 Å². The van der Waals surface area contributed by atoms with Crippen molar-refractivity contribution in [3.63, 3.8) is 0 Å². The molecule has 5 radical (unpaired) electrons. The predicted octanol–water partition coefficient (Wildman–Crippen LogP) is 27.4. The van der Waals surface area contributed by atoms with Gasteiger partial charge in [0.25, 0.3) is 5.82 Å². The Bertz CT molecular complexity index is 7700. The topological polar surface area (TPSA) is 268 Å². The fraction of sp³-hybridized carbons (Fsp3) is 0.241. The molecule has 13 aromatic carbocycles. The summed E-state index contributed by atoms with van der Waals surface area (Å²) in [7, 11) is 0. The zero-order valence-corrected chi connectivity index (χ0v) is 94.4. The number of rotatable bonds is 16. The number of nitrogens with zero attached hydrogens (tertiary/aromatic N) is 19. The molecule has 0 aliphatic carbocycles. The van der Waals surface area contributed by atoms with Crippen LogP contribution in [0.15, 0.2) is 225 Å². The van der Waals surface area contributed by atoms with E-state index in [1.807, 2.05) is 175 Å². The van der Waals surface area contributed by atoms with Gasteiger partial charge in [-0.15, -0.1) is 111 Å². The summed E-state index contributed by atoms with van der Waals surface area (Å²) in [4.78, 5) is 28.5. The van der Waals surface area contributed by atoms with Crippen LogP contribution in [0.4, 0.5) is 36.7 Å². The minimum Gasteiger partial charge on any atom is -0.390 e. The van der Waals surface area contributed by atoms with Crippen molar-refractivity contribution < 1.29 is 136 Å². The van der Waals surface area contributed by atoms with Crippen molar-refractivity contribution in [2.24, 2.45) is 0 Å². The van der Waals surface area contributed by atoms with Crippen molar-refractivity contribution in [1.82, 2.24) is 74.1 Å². The quantitative estimate of drug-likeness (QED) is 0.0286. The first-order chi connectivity index (χ1) is 66.6. The van der Waals surface area contributed by atoms with E-state index in [9.17, 15) is 46.1 Å². The maximum absolute atomic E-state index is 14.8. The molecular formula is C112H99F7Ir5N19O2-5. The Morgan fingerprint density at radius 3 is 1.26 bits per heavy atom. The van der Waals surface area contributed by atoms with E-state index in [2.05, 4.69) is 201 Å². The molecule has 753 valence electrons. The van der Waals surface area contributed by atoms with Crippen LogP contribution in [0.1, 0.15) is 219 Å². The molecule has 0 unspecified atom stereocenters. The van der Waals surface area contributed by atoms with Crippen LogP contribution in [0.5, 0.6) is 0 Å². The van der Waals surface area contributed by atoms with Crippen LogP contribution in [0.25, 0.3) is 117 Å². The molecule has 5 heterocycles. The molecule has 0 saturated heterocycles. The summed E-state index contributed by atoms with van der Waals surface area (Å²) in [5.41, 5.74) is 15.6. The number of benzene rings is 13. The molecule has 18 rings (SSSR count). The summed E-state index contributed by atoms with van der Waals surface area (Å²) < 4.78 is 104. The van der Waals surface area contributed by atoms with Gasteiger partial charge in [-0.1, -0.05) is 277 Å². The fourth-order valence-corrected chi connectivity index (χ4v) is 16.8. The molecule has 0 fully saturated rings. The molecular weight excluding hydrogens is 2740 g/mol. The number of hydrogen-bond donors (Lipinski definition) is 0. The second kappa shape index (κ2) is 48.8. The van der Waals surface area contributed by atoms with E-state index in [0.29, 0.717) is 23.1 Å². The average molecular weight is 2840 g/mol. The smallest absolute Gasteiger partial charge is 0.390 e. The van der Waals surface area contributed by atoms with Crippen LogP contribution >= 0.6 is 0 Å². The summed E-state index contributed by atoms with van der Waals surface area (Å²) in [6.45, 7) is 38.8. The van der Waals surface area contributed by atoms with Crippen LogP contribution in [0, 0.1) is 118 Å². The summed E-state index contributed by atoms with van der Waals surface area (Å²) in [5, 5.41) is 70.8. The summed E-state index contributed by atoms with van der Waals surface area (Å²) in [6, 6.07) is 87.2. The standard InChI is InChI=1S/C30H30FN4.C23H24F4N3.C21H11N4.C20H20FN4O2.C18H14FN4.5Ir/c1-18(2)21-11-13-22(14-12-21)23-15-24(19(3)4)29(25(16-23)20(5)6)30-33-28(17-32)34-35(30)27-10-8-7-9-26(27)31;1-21(2,3)15-11-9-12-16(22(4,5)6)18(15)30-19(14-10-7-8-13-17(14)24)28-20(29-30)23(25,26)27;22-12-14-13-23-25(24-14)15-9-10-20-18-7-2-1-5-16(18)17-6-3-4-8-19(17)21(20)11-15;1-12(2)14-9-7-10-15(13(3)4)18(14)24-19(22-20(23-24)25(26)27)16-8-5-6-11-17(16)21;1-11-8-12(2)17(13(3)9-11)23-18(21-16(10-20)22-23)14-6-4-5-7-15(14)19;;;;;/h7-9,11-16,18-20H,1-6H3;7-9,11-13H,1-6H3;1-8,10-11,13H;5-7,9-13H,1-4H3;4-5,7-9H,1-3H3;;;;;/q5*-1;;;;;. The summed E-state index contributed by atoms with van der Waals surface area (Å²) >= 11 is 0. The number of fused-ring (bicyclic) bond motifs is 6. The molecule has 33 heteroatoms. The third-order valence-corrected chi connectivity index (χ3v) is 23.4. The SMILES string of the molecule is CC(C)(C)c1cccc(C(C)(C)C)c1-n1nc(C(F)(F)F)nc1-c1[c-]cccc1F.CC(C)c1ccc(-c2cc(C(C)C)c(-c3nc(C#N)nn3-c3[c-]cccc3F)c(C(C)C)c2)cc1.CC(C)c1cccc(C(C)C)c1-n1nc([N+](=O)[O-])nc1-c1[c-]cccc1F.Cc1cc(C)c(-n2nc(C#N)nc2-c2[c-]cccc2F)c(C)c1.N#Cc1cnn(-c2[c-]cc3c4ccccc4c4ccccc4c3c2)n1.[Ir].[Ir].[Ir].[Ir].[Ir]. The number of alkyl halides is 3. The number of para-hydroxylation sites is 3. The van der Waals surface area contributed by atoms with Gasteiger partial charge in [0.1, 0.15) is 18.2 Å². The molecule has 0 atom stereocenters. The molecule has 0 N–H and O–H groups in total. The van der Waals surface area contributed by atoms with Gasteiger partial charge in [0, 0.05) is 134 Å². The molecule has 0 aliphatic heterocycles. The fourth-order valence-electron chi connectivity index (χ4n) is 16.8. The van der Waals surface area contributed by atoms with E-state index in [1.54, 1.807) is 30.3 Å². The van der Waals surface area contributed by atoms with Crippen molar-refractivity contribution in [1.29, 1.82) is 15.8 Å². The number of aromatic nitrogens is 15. The number of halogens is 7. The van der Waals surface area contributed by atoms with E-state index in [-0.39, 0.29) is 181 Å². The van der Waals surface area contributed by atoms with Crippen LogP contribution in [-0.4, -0.2) is 79.0 Å². The molecule has 0 bridgehead atoms. The van der Waals surface area contributed by atoms with Crippen LogP contribution in [0.3, 0.4) is 0 Å². The number of nitriles is 3. The monoisotopic (exact) mass is 2840 g/mol. The zero-order chi connectivity index (χ0) is 101. The van der Waals surface area contributed by atoms with Crippen molar-refractivity contribution in [2.45, 2.75) is 178 Å². The zero-order valence-electron chi connectivity index (χ0n) is 82.4. The average Bonchev–Trinajstić information content (AvgIpc) is 0.772. The Morgan fingerprint density at radius 1 is 0.400 bits per heavy atom. The molecule has 21 nitrogen and oxygen atoms in total. The molecule has 0 saturated carbocycles. The number of aryl methyl sites for hydroxylation is 3. The third kappa shape index (κ3) is 25.4. The predicted molar refractivity (Wildman–Crippen MR) is 528 cm³/mol. The van der Waals surface area contributed by atoms with Crippen molar-refractivity contribution in [3.05, 3.63) is 367 Å². The first kappa shape index (κ1) is 116. The second-order valence-corrected chi connectivity index (χ2v) is 37.2. The van der Waals surface area contributed by atoms with Crippen molar-refractivity contribution in [2.75, 3.05) is 0 Å². The first-order valence-corrected chi connectivity index (χ1v) is 45.4. The minimum absolute atomic E-state index is 0. The Balaban J connectivity index is 0.000000201. The first-order valence-electron chi connectivity index (χ1n) is 45.4. The molecule has 145 heavy (non-hydrogen) atoms. The number of nitro groups is 1. The van der Waals surface area contributed by atoms with Gasteiger partial charge in [0.2, 0.25) is 11.6 Å². The van der Waals surface area contributed by atoms with Crippen molar-refractivity contribution >= 4 is 38.3 Å². The Morgan fingerprint density at radius 2 is 0.828 bits per heavy atom. The van der Waals surface area contributed by atoms with E-state index in [4.69, 9.17) is 10.5 Å². The van der Waals surface area contributed by atoms with Crippen LogP contribution in [0.2, 0.25) is 0 Å². The summed E-state index contributed by atoms with van der Waals surface area (Å²) in [6.07, 6.45) is -3.32. The van der Waals surface area contributed by atoms with Gasteiger partial charge in [-0.25, -0.2) is 9.67 Å². The van der Waals surface area contributed by atoms with E-state index >= 15 is 0 Å². The normalized spacial score (nSPS) is 11.2. The Kier molecular flexibility index (Phi) is 38.9. The third-order valence-electron chi connectivity index (χ3n) is 23.4. The largest absolute Gasteiger partial charge is 0.481 e. The van der Waals surface area contributed by atoms with Gasteiger partial charge in [-0.05, 0) is 155 Å². The molecule has 0 spiro atoms. The Labute approximate surface area is 905 Å². The van der Waals surface area contributed by atoms with Gasteiger partial charge >= 0.3 is 12.1 Å². The van der Waals surface area contributed by atoms with Crippen LogP contribution in [-0.2, 0) is 118 Å². The molecule has 18 aromatic rings. The van der Waals surface area contributed by atoms with E-state index in [0.717, 1.165) is 93.6 Å². The van der Waals surface area contributed by atoms with Gasteiger partial charge in [-0.3, -0.25) is 31.9 Å². The van der Waals surface area contributed by atoms with Gasteiger partial charge in [0.15, 0.2) is 17.3 Å². The van der Waals surface area contributed by atoms with Gasteiger partial charge in [-0.2, -0.15) is 83.9 Å². The summed E-state index contributed by atoms with van der Waals surface area (Å²) in [5.74, 6) is -2.47. The van der Waals surface area contributed by atoms with Crippen LogP contribution < -0.4 is 0 Å². The van der Waals surface area contributed by atoms with E-state index in [1.165, 1.54) is 94.6 Å². The Hall–Kier alpha value is -13.0. The maximum Gasteiger partial charge on any atom is 0.481 e. The molecule has 0 aliphatic rings. The molecule has 5 aromatic heterocycles. The van der Waals surface area contributed by atoms with Gasteiger partial charge < -0.3 is 10.1 Å².